The summed E-state index contributed by atoms with van der Waals surface area (Å²) in [6, 6.07) is 0. The van der Waals surface area contributed by atoms with Crippen LogP contribution in [0, 0.1) is 11.3 Å². The van der Waals surface area contributed by atoms with Gasteiger partial charge in [-0.1, -0.05) is 26.7 Å². The minimum Gasteiger partial charge on any atom is -0.463 e. The summed E-state index contributed by atoms with van der Waals surface area (Å²) < 4.78 is 10.8. The number of rotatable bonds is 7. The fourth-order valence-corrected chi connectivity index (χ4v) is 3.10. The average molecular weight is 296 g/mol. The van der Waals surface area contributed by atoms with Gasteiger partial charge < -0.3 is 9.47 Å². The summed E-state index contributed by atoms with van der Waals surface area (Å²) in [5, 5.41) is 0. The van der Waals surface area contributed by atoms with Gasteiger partial charge in [-0.15, -0.1) is 0 Å². The van der Waals surface area contributed by atoms with Gasteiger partial charge in [-0.3, -0.25) is 0 Å². The maximum Gasteiger partial charge on any atom is 0.330 e. The van der Waals surface area contributed by atoms with Gasteiger partial charge in [0.15, 0.2) is 0 Å². The van der Waals surface area contributed by atoms with E-state index >= 15 is 0 Å². The summed E-state index contributed by atoms with van der Waals surface area (Å²) in [6.45, 7) is 11.7. The van der Waals surface area contributed by atoms with Crippen LogP contribution in [0.15, 0.2) is 12.2 Å². The Hall–Kier alpha value is -0.830. The van der Waals surface area contributed by atoms with E-state index < -0.39 is 5.60 Å². The van der Waals surface area contributed by atoms with Gasteiger partial charge in [0.05, 0.1) is 12.2 Å². The summed E-state index contributed by atoms with van der Waals surface area (Å²) in [5.74, 6) is 0.474. The largest absolute Gasteiger partial charge is 0.463 e. The van der Waals surface area contributed by atoms with Gasteiger partial charge in [-0.25, -0.2) is 4.79 Å². The minimum absolute atomic E-state index is 0.303. The molecule has 0 heterocycles. The molecular weight excluding hydrogens is 264 g/mol. The average Bonchev–Trinajstić information content (AvgIpc) is 2.36. The highest BCUT2D eigenvalue weighted by Crippen LogP contribution is 2.39. The molecule has 0 saturated heterocycles. The van der Waals surface area contributed by atoms with Crippen molar-refractivity contribution in [3.8, 4) is 0 Å². The third kappa shape index (κ3) is 7.66. The maximum absolute atomic E-state index is 11.3. The summed E-state index contributed by atoms with van der Waals surface area (Å²) in [6.07, 6.45) is 9.67. The molecular formula is C18H32O3. The smallest absolute Gasteiger partial charge is 0.330 e. The van der Waals surface area contributed by atoms with Crippen molar-refractivity contribution >= 4 is 5.97 Å². The lowest BCUT2D eigenvalue weighted by molar-refractivity contribution is -0.137. The van der Waals surface area contributed by atoms with Crippen molar-refractivity contribution in [2.24, 2.45) is 11.3 Å². The SMILES string of the molecule is CCOC(=O)C=CC(C)(C)OCCC1CCCC(C)(C)C1. The van der Waals surface area contributed by atoms with Gasteiger partial charge >= 0.3 is 5.97 Å². The first-order chi connectivity index (χ1) is 9.74. The number of esters is 1. The van der Waals surface area contributed by atoms with Crippen LogP contribution in [0.5, 0.6) is 0 Å². The molecule has 3 nitrogen and oxygen atoms in total. The summed E-state index contributed by atoms with van der Waals surface area (Å²) in [4.78, 5) is 11.3. The zero-order valence-corrected chi connectivity index (χ0v) is 14.4. The highest BCUT2D eigenvalue weighted by molar-refractivity contribution is 5.82. The standard InChI is InChI=1S/C18H32O3/c1-6-20-16(19)9-12-18(4,5)21-13-10-15-8-7-11-17(2,3)14-15/h9,12,15H,6-8,10-11,13-14H2,1-5H3. The third-order valence-electron chi connectivity index (χ3n) is 4.21. The van der Waals surface area contributed by atoms with Crippen LogP contribution in [-0.2, 0) is 14.3 Å². The molecule has 3 heteroatoms. The number of carbonyl (C=O) groups excluding carboxylic acids is 1. The van der Waals surface area contributed by atoms with Crippen molar-refractivity contribution in [1.29, 1.82) is 0 Å². The van der Waals surface area contributed by atoms with Crippen LogP contribution in [-0.4, -0.2) is 24.8 Å². The molecule has 1 fully saturated rings. The summed E-state index contributed by atoms with van der Waals surface area (Å²) >= 11 is 0. The molecule has 1 unspecified atom stereocenters. The topological polar surface area (TPSA) is 35.5 Å². The van der Waals surface area contributed by atoms with Crippen LogP contribution in [0.3, 0.4) is 0 Å². The van der Waals surface area contributed by atoms with Crippen LogP contribution in [0.2, 0.25) is 0 Å². The van der Waals surface area contributed by atoms with Gasteiger partial charge in [-0.05, 0) is 57.4 Å². The predicted molar refractivity (Wildman–Crippen MR) is 86.2 cm³/mol. The van der Waals surface area contributed by atoms with Gasteiger partial charge in [0, 0.05) is 12.7 Å². The predicted octanol–water partition coefficient (Wildman–Crippen LogP) is 4.51. The van der Waals surface area contributed by atoms with Gasteiger partial charge in [-0.2, -0.15) is 0 Å². The fourth-order valence-electron chi connectivity index (χ4n) is 3.10. The van der Waals surface area contributed by atoms with Crippen LogP contribution < -0.4 is 0 Å². The minimum atomic E-state index is -0.420. The Morgan fingerprint density at radius 3 is 2.71 bits per heavy atom. The van der Waals surface area contributed by atoms with E-state index in [4.69, 9.17) is 9.47 Å². The molecule has 122 valence electrons. The summed E-state index contributed by atoms with van der Waals surface area (Å²) in [7, 11) is 0. The van der Waals surface area contributed by atoms with E-state index in [1.54, 1.807) is 13.0 Å². The van der Waals surface area contributed by atoms with Crippen molar-refractivity contribution in [2.45, 2.75) is 72.3 Å². The van der Waals surface area contributed by atoms with E-state index in [-0.39, 0.29) is 5.97 Å². The lowest BCUT2D eigenvalue weighted by atomic mass is 9.71. The number of ether oxygens (including phenoxy) is 2. The molecule has 0 N–H and O–H groups in total. The highest BCUT2D eigenvalue weighted by atomic mass is 16.5. The van der Waals surface area contributed by atoms with Crippen molar-refractivity contribution in [1.82, 2.24) is 0 Å². The Labute approximate surface area is 130 Å². The molecule has 0 aromatic rings. The molecule has 0 radical (unpaired) electrons. The molecule has 0 amide bonds. The van der Waals surface area contributed by atoms with E-state index in [2.05, 4.69) is 13.8 Å². The molecule has 1 atom stereocenters. The first-order valence-corrected chi connectivity index (χ1v) is 8.24. The molecule has 0 bridgehead atoms. The van der Waals surface area contributed by atoms with Crippen LogP contribution in [0.25, 0.3) is 0 Å². The van der Waals surface area contributed by atoms with E-state index in [0.29, 0.717) is 12.0 Å². The molecule has 0 spiro atoms. The quantitative estimate of drug-likeness (QED) is 0.512. The second-order valence-corrected chi connectivity index (χ2v) is 7.45. The monoisotopic (exact) mass is 296 g/mol. The Morgan fingerprint density at radius 1 is 1.38 bits per heavy atom. The third-order valence-corrected chi connectivity index (χ3v) is 4.21. The molecule has 1 saturated carbocycles. The van der Waals surface area contributed by atoms with Crippen molar-refractivity contribution in [2.75, 3.05) is 13.2 Å². The van der Waals surface area contributed by atoms with E-state index in [0.717, 1.165) is 18.9 Å². The van der Waals surface area contributed by atoms with Crippen LogP contribution in [0.4, 0.5) is 0 Å². The summed E-state index contributed by atoms with van der Waals surface area (Å²) in [5.41, 5.74) is 0.0686. The van der Waals surface area contributed by atoms with Crippen molar-refractivity contribution in [3.05, 3.63) is 12.2 Å². The van der Waals surface area contributed by atoms with Crippen LogP contribution >= 0.6 is 0 Å². The zero-order valence-electron chi connectivity index (χ0n) is 14.4. The van der Waals surface area contributed by atoms with Gasteiger partial charge in [0.1, 0.15) is 0 Å². The molecule has 0 aromatic carbocycles. The second-order valence-electron chi connectivity index (χ2n) is 7.45. The fraction of sp³-hybridized carbons (Fsp3) is 0.833. The number of hydrogen-bond acceptors (Lipinski definition) is 3. The van der Waals surface area contributed by atoms with E-state index in [9.17, 15) is 4.79 Å². The van der Waals surface area contributed by atoms with Gasteiger partial charge in [0.2, 0.25) is 0 Å². The Balaban J connectivity index is 2.31. The lowest BCUT2D eigenvalue weighted by Gasteiger charge is -2.35. The van der Waals surface area contributed by atoms with E-state index in [1.165, 1.54) is 31.8 Å². The molecule has 0 aromatic heterocycles. The molecule has 21 heavy (non-hydrogen) atoms. The molecule has 1 rings (SSSR count). The second kappa shape index (κ2) is 7.98. The number of hydrogen-bond donors (Lipinski definition) is 0. The first kappa shape index (κ1) is 18.2. The Kier molecular flexibility index (Phi) is 6.92. The van der Waals surface area contributed by atoms with Crippen molar-refractivity contribution < 1.29 is 14.3 Å². The van der Waals surface area contributed by atoms with E-state index in [1.807, 2.05) is 13.8 Å². The van der Waals surface area contributed by atoms with Gasteiger partial charge in [0.25, 0.3) is 0 Å². The maximum atomic E-state index is 11.3. The van der Waals surface area contributed by atoms with Crippen molar-refractivity contribution in [3.63, 3.8) is 0 Å². The zero-order chi connectivity index (χ0) is 15.9. The Bertz CT molecular complexity index is 355. The highest BCUT2D eigenvalue weighted by Gasteiger charge is 2.28. The number of carbonyl (C=O) groups is 1. The molecule has 0 aliphatic heterocycles. The first-order valence-electron chi connectivity index (χ1n) is 8.24. The van der Waals surface area contributed by atoms with Crippen LogP contribution in [0.1, 0.15) is 66.7 Å². The molecule has 1 aliphatic rings. The molecule has 1 aliphatic carbocycles. The normalized spacial score (nSPS) is 22.4. The lowest BCUT2D eigenvalue weighted by Crippen LogP contribution is -2.26. The Morgan fingerprint density at radius 2 is 2.10 bits per heavy atom.